The molecule has 1 aromatic heterocycles. The van der Waals surface area contributed by atoms with E-state index in [1.54, 1.807) is 30.5 Å². The zero-order valence-electron chi connectivity index (χ0n) is 19.3. The lowest BCUT2D eigenvalue weighted by atomic mass is 10.1. The molecule has 2 aromatic rings. The van der Waals surface area contributed by atoms with Crippen molar-refractivity contribution in [1.82, 2.24) is 19.6 Å². The Morgan fingerprint density at radius 3 is 2.48 bits per heavy atom. The van der Waals surface area contributed by atoms with Crippen molar-refractivity contribution < 1.29 is 13.0 Å². The first-order valence-corrected chi connectivity index (χ1v) is 13.2. The van der Waals surface area contributed by atoms with Gasteiger partial charge in [-0.2, -0.15) is 8.78 Å². The Bertz CT molecular complexity index is 1050. The van der Waals surface area contributed by atoms with E-state index < -0.39 is 15.6 Å². The molecule has 3 rings (SSSR count). The predicted molar refractivity (Wildman–Crippen MR) is 136 cm³/mol. The minimum Gasteiger partial charge on any atom is -0.385 e. The van der Waals surface area contributed by atoms with Crippen LogP contribution in [0.1, 0.15) is 44.4 Å². The summed E-state index contributed by atoms with van der Waals surface area (Å²) in [6.45, 7) is 8.90. The molecular weight excluding hydrogens is 468 g/mol. The van der Waals surface area contributed by atoms with Gasteiger partial charge in [-0.1, -0.05) is 30.7 Å². The van der Waals surface area contributed by atoms with Gasteiger partial charge in [0.15, 0.2) is 0 Å². The van der Waals surface area contributed by atoms with Crippen molar-refractivity contribution in [3.8, 4) is 0 Å². The lowest BCUT2D eigenvalue weighted by Crippen LogP contribution is -2.34. The maximum absolute atomic E-state index is 13.9. The first kappa shape index (κ1) is 27.0. The molecule has 0 bridgehead atoms. The van der Waals surface area contributed by atoms with Crippen LogP contribution in [-0.2, 0) is 15.6 Å². The SMILES string of the molecule is C=C(NCC)c1cnc(Nc2cccc(Cl)c2)nc1C(C)(F)F.C=S(C)(=O)N1CCCCC1. The van der Waals surface area contributed by atoms with E-state index in [1.165, 1.54) is 25.5 Å². The quantitative estimate of drug-likeness (QED) is 0.506. The van der Waals surface area contributed by atoms with Gasteiger partial charge >= 0.3 is 0 Å². The molecule has 0 spiro atoms. The smallest absolute Gasteiger partial charge is 0.287 e. The highest BCUT2D eigenvalue weighted by molar-refractivity contribution is 7.97. The Morgan fingerprint density at radius 1 is 1.30 bits per heavy atom. The van der Waals surface area contributed by atoms with E-state index in [2.05, 4.69) is 33.1 Å². The molecule has 1 atom stereocenters. The fraction of sp³-hybridized carbons (Fsp3) is 0.435. The van der Waals surface area contributed by atoms with Gasteiger partial charge in [0.25, 0.3) is 5.92 Å². The fourth-order valence-electron chi connectivity index (χ4n) is 3.25. The third-order valence-electron chi connectivity index (χ3n) is 4.86. The summed E-state index contributed by atoms with van der Waals surface area (Å²) in [5.74, 6) is 0.591. The summed E-state index contributed by atoms with van der Waals surface area (Å²) in [5.41, 5.74) is 0.776. The highest BCUT2D eigenvalue weighted by Gasteiger charge is 2.31. The number of rotatable bonds is 7. The monoisotopic (exact) mass is 499 g/mol. The molecule has 2 heterocycles. The zero-order valence-corrected chi connectivity index (χ0v) is 20.9. The Labute approximate surface area is 200 Å². The van der Waals surface area contributed by atoms with Crippen LogP contribution in [0.5, 0.6) is 0 Å². The molecule has 1 aliphatic rings. The molecule has 0 saturated carbocycles. The molecule has 0 aliphatic carbocycles. The molecule has 1 saturated heterocycles. The molecule has 1 aromatic carbocycles. The lowest BCUT2D eigenvalue weighted by Gasteiger charge is -2.27. The highest BCUT2D eigenvalue weighted by Crippen LogP contribution is 2.31. The average Bonchev–Trinajstić information content (AvgIpc) is 2.74. The van der Waals surface area contributed by atoms with Crippen molar-refractivity contribution in [3.63, 3.8) is 0 Å². The Balaban J connectivity index is 0.000000321. The van der Waals surface area contributed by atoms with Crippen molar-refractivity contribution in [2.24, 2.45) is 0 Å². The van der Waals surface area contributed by atoms with Crippen LogP contribution in [0.3, 0.4) is 0 Å². The van der Waals surface area contributed by atoms with E-state index in [9.17, 15) is 13.0 Å². The molecular formula is C23H32ClF2N5OS. The second-order valence-corrected chi connectivity index (χ2v) is 10.8. The standard InChI is InChI=1S/C16H17ClF2N4.C7H15NOS/c1-4-20-10(2)13-9-21-15(23-14(13)16(3,18)19)22-12-7-5-6-11(17)8-12;1-10(2,9)8-6-4-3-5-7-8/h5-9,20H,2,4H2,1,3H3,(H,21,22,23);1,3-7H2,2H3. The number of benzene rings is 1. The van der Waals surface area contributed by atoms with Crippen molar-refractivity contribution in [3.05, 3.63) is 53.3 Å². The van der Waals surface area contributed by atoms with E-state index in [0.29, 0.717) is 23.0 Å². The van der Waals surface area contributed by atoms with Crippen LogP contribution in [0.15, 0.2) is 37.0 Å². The van der Waals surface area contributed by atoms with E-state index >= 15 is 0 Å². The predicted octanol–water partition coefficient (Wildman–Crippen LogP) is 5.30. The first-order valence-electron chi connectivity index (χ1n) is 10.7. The Hall–Kier alpha value is -2.23. The van der Waals surface area contributed by atoms with Crippen LogP contribution >= 0.6 is 11.6 Å². The summed E-state index contributed by atoms with van der Waals surface area (Å²) in [6.07, 6.45) is 6.70. The lowest BCUT2D eigenvalue weighted by molar-refractivity contribution is 0.0124. The third kappa shape index (κ3) is 8.57. The number of hydrogen-bond acceptors (Lipinski definition) is 5. The maximum Gasteiger partial charge on any atom is 0.287 e. The molecule has 1 unspecified atom stereocenters. The normalized spacial score (nSPS) is 16.2. The largest absolute Gasteiger partial charge is 0.385 e. The third-order valence-corrected chi connectivity index (χ3v) is 6.55. The highest BCUT2D eigenvalue weighted by atomic mass is 35.5. The van der Waals surface area contributed by atoms with Gasteiger partial charge in [0.1, 0.15) is 5.69 Å². The number of aromatic nitrogens is 2. The van der Waals surface area contributed by atoms with E-state index in [1.807, 2.05) is 11.2 Å². The van der Waals surface area contributed by atoms with E-state index in [-0.39, 0.29) is 17.2 Å². The number of nitrogens with zero attached hydrogens (tertiary/aromatic N) is 3. The zero-order chi connectivity index (χ0) is 24.6. The van der Waals surface area contributed by atoms with Crippen LogP contribution in [0.25, 0.3) is 5.70 Å². The summed E-state index contributed by atoms with van der Waals surface area (Å²) < 4.78 is 41.1. The average molecular weight is 500 g/mol. The number of anilines is 2. The number of hydrogen-bond donors (Lipinski definition) is 2. The molecule has 10 heteroatoms. The van der Waals surface area contributed by atoms with Gasteiger partial charge in [0.2, 0.25) is 5.95 Å². The molecule has 0 amide bonds. The fourth-order valence-corrected chi connectivity index (χ4v) is 4.47. The van der Waals surface area contributed by atoms with Gasteiger partial charge in [-0.25, -0.2) is 14.3 Å². The number of nitrogens with one attached hydrogen (secondary N) is 2. The molecule has 1 fully saturated rings. The van der Waals surface area contributed by atoms with Gasteiger partial charge in [-0.15, -0.1) is 0 Å². The Kier molecular flexibility index (Phi) is 9.63. The van der Waals surface area contributed by atoms with Gasteiger partial charge in [0.05, 0.1) is 0 Å². The van der Waals surface area contributed by atoms with E-state index in [0.717, 1.165) is 20.0 Å². The molecule has 2 N–H and O–H groups in total. The minimum absolute atomic E-state index is 0.0665. The Morgan fingerprint density at radius 2 is 1.97 bits per heavy atom. The van der Waals surface area contributed by atoms with Crippen LogP contribution in [0.2, 0.25) is 5.02 Å². The van der Waals surface area contributed by atoms with Crippen LogP contribution in [0, 0.1) is 0 Å². The second-order valence-electron chi connectivity index (χ2n) is 7.94. The number of halogens is 3. The second kappa shape index (κ2) is 11.8. The topological polar surface area (TPSA) is 70.1 Å². The van der Waals surface area contributed by atoms with E-state index in [4.69, 9.17) is 11.6 Å². The van der Waals surface area contributed by atoms with Gasteiger partial charge in [-0.3, -0.25) is 4.21 Å². The van der Waals surface area contributed by atoms with Crippen molar-refractivity contribution in [2.75, 3.05) is 31.2 Å². The van der Waals surface area contributed by atoms with Gasteiger partial charge in [0, 0.05) is 70.7 Å². The van der Waals surface area contributed by atoms with Crippen LogP contribution in [0.4, 0.5) is 20.4 Å². The summed E-state index contributed by atoms with van der Waals surface area (Å²) in [7, 11) is -1.89. The molecule has 33 heavy (non-hydrogen) atoms. The van der Waals surface area contributed by atoms with Crippen molar-refractivity contribution in [1.29, 1.82) is 0 Å². The number of alkyl halides is 2. The maximum atomic E-state index is 13.9. The summed E-state index contributed by atoms with van der Waals surface area (Å²) in [5, 5.41) is 6.29. The molecule has 6 nitrogen and oxygen atoms in total. The minimum atomic E-state index is -3.12. The summed E-state index contributed by atoms with van der Waals surface area (Å²) in [4.78, 5) is 8.04. The first-order chi connectivity index (χ1) is 15.4. The number of piperidine rings is 1. The molecule has 1 aliphatic heterocycles. The van der Waals surface area contributed by atoms with Gasteiger partial charge < -0.3 is 10.6 Å². The van der Waals surface area contributed by atoms with Crippen LogP contribution in [-0.4, -0.2) is 50.2 Å². The molecule has 182 valence electrons. The summed E-state index contributed by atoms with van der Waals surface area (Å²) in [6, 6.07) is 6.84. The van der Waals surface area contributed by atoms with Crippen molar-refractivity contribution in [2.45, 2.75) is 39.0 Å². The van der Waals surface area contributed by atoms with Gasteiger partial charge in [-0.05, 0) is 43.8 Å². The van der Waals surface area contributed by atoms with Crippen LogP contribution < -0.4 is 10.6 Å². The summed E-state index contributed by atoms with van der Waals surface area (Å²) >= 11 is 5.90. The molecule has 0 radical (unpaired) electrons. The van der Waals surface area contributed by atoms with Crippen molar-refractivity contribution >= 4 is 44.5 Å².